The van der Waals surface area contributed by atoms with Crippen LogP contribution >= 0.6 is 11.3 Å². The Balaban J connectivity index is 1.44. The SMILES string of the molecule is Cc1c(C(=O)Nc2ccc3c(c2)OCCO3)sc2nc(Cc3ccccc3)[nH]c(=O)c12. The lowest BCUT2D eigenvalue weighted by Gasteiger charge is -2.18. The van der Waals surface area contributed by atoms with Gasteiger partial charge in [-0.1, -0.05) is 30.3 Å². The third-order valence-electron chi connectivity index (χ3n) is 5.07. The predicted molar refractivity (Wildman–Crippen MR) is 120 cm³/mol. The predicted octanol–water partition coefficient (Wildman–Crippen LogP) is 3.91. The van der Waals surface area contributed by atoms with Crippen LogP contribution in [0.15, 0.2) is 53.3 Å². The molecule has 0 fully saturated rings. The number of hydrogen-bond donors (Lipinski definition) is 2. The van der Waals surface area contributed by atoms with Crippen molar-refractivity contribution in [3.8, 4) is 11.5 Å². The van der Waals surface area contributed by atoms with Crippen molar-refractivity contribution >= 4 is 33.1 Å². The number of nitrogens with one attached hydrogen (secondary N) is 2. The van der Waals surface area contributed by atoms with Crippen LogP contribution < -0.4 is 20.3 Å². The van der Waals surface area contributed by atoms with E-state index in [2.05, 4.69) is 15.3 Å². The molecular formula is C23H19N3O4S. The van der Waals surface area contributed by atoms with Crippen molar-refractivity contribution in [1.29, 1.82) is 0 Å². The van der Waals surface area contributed by atoms with Crippen molar-refractivity contribution in [3.63, 3.8) is 0 Å². The van der Waals surface area contributed by atoms with E-state index < -0.39 is 0 Å². The van der Waals surface area contributed by atoms with E-state index in [9.17, 15) is 9.59 Å². The maximum absolute atomic E-state index is 12.9. The normalized spacial score (nSPS) is 12.7. The number of thiophene rings is 1. The van der Waals surface area contributed by atoms with Gasteiger partial charge in [-0.25, -0.2) is 4.98 Å². The van der Waals surface area contributed by atoms with Gasteiger partial charge in [0.25, 0.3) is 11.5 Å². The van der Waals surface area contributed by atoms with Crippen LogP contribution in [-0.4, -0.2) is 29.1 Å². The largest absolute Gasteiger partial charge is 0.486 e. The van der Waals surface area contributed by atoms with Crippen LogP contribution in [0.5, 0.6) is 11.5 Å². The molecule has 0 saturated carbocycles. The van der Waals surface area contributed by atoms with E-state index in [0.29, 0.717) is 63.3 Å². The first-order chi connectivity index (χ1) is 15.1. The molecule has 5 rings (SSSR count). The zero-order valence-electron chi connectivity index (χ0n) is 16.7. The standard InChI is InChI=1S/C23H19N3O4S/c1-13-19-21(27)25-18(11-14-5-3-2-4-6-14)26-23(19)31-20(13)22(28)24-15-7-8-16-17(12-15)30-10-9-29-16/h2-8,12H,9-11H2,1H3,(H,24,28)(H,25,26,27). The molecule has 2 aromatic heterocycles. The quantitative estimate of drug-likeness (QED) is 0.509. The van der Waals surface area contributed by atoms with Crippen LogP contribution in [0.1, 0.15) is 26.6 Å². The Morgan fingerprint density at radius 2 is 1.90 bits per heavy atom. The number of carbonyl (C=O) groups is 1. The molecule has 0 atom stereocenters. The topological polar surface area (TPSA) is 93.3 Å². The number of rotatable bonds is 4. The van der Waals surface area contributed by atoms with Crippen LogP contribution in [0.2, 0.25) is 0 Å². The molecule has 1 amide bonds. The summed E-state index contributed by atoms with van der Waals surface area (Å²) < 4.78 is 11.1. The minimum atomic E-state index is -0.291. The van der Waals surface area contributed by atoms with Crippen molar-refractivity contribution in [2.75, 3.05) is 18.5 Å². The maximum atomic E-state index is 12.9. The summed E-state index contributed by atoms with van der Waals surface area (Å²) in [5.41, 5.74) is 2.03. The zero-order chi connectivity index (χ0) is 21.4. The molecule has 0 spiro atoms. The summed E-state index contributed by atoms with van der Waals surface area (Å²) in [7, 11) is 0. The third-order valence-corrected chi connectivity index (χ3v) is 6.25. The van der Waals surface area contributed by atoms with E-state index in [0.717, 1.165) is 5.56 Å². The summed E-state index contributed by atoms with van der Waals surface area (Å²) in [4.78, 5) is 34.1. The first kappa shape index (κ1) is 19.3. The molecule has 0 aliphatic carbocycles. The number of fused-ring (bicyclic) bond motifs is 2. The molecule has 3 heterocycles. The second kappa shape index (κ2) is 7.88. The van der Waals surface area contributed by atoms with Crippen molar-refractivity contribution in [2.24, 2.45) is 0 Å². The highest BCUT2D eigenvalue weighted by molar-refractivity contribution is 7.20. The number of ether oxygens (including phenoxy) is 2. The van der Waals surface area contributed by atoms with Gasteiger partial charge in [0.1, 0.15) is 23.9 Å². The molecule has 31 heavy (non-hydrogen) atoms. The number of hydrogen-bond acceptors (Lipinski definition) is 6. The van der Waals surface area contributed by atoms with Gasteiger partial charge in [-0.3, -0.25) is 9.59 Å². The van der Waals surface area contributed by atoms with Gasteiger partial charge in [0.05, 0.1) is 10.3 Å². The van der Waals surface area contributed by atoms with Gasteiger partial charge in [0, 0.05) is 18.2 Å². The molecular weight excluding hydrogens is 414 g/mol. The van der Waals surface area contributed by atoms with E-state index in [4.69, 9.17) is 9.47 Å². The molecule has 0 saturated heterocycles. The highest BCUT2D eigenvalue weighted by Gasteiger charge is 2.20. The Morgan fingerprint density at radius 3 is 2.71 bits per heavy atom. The summed E-state index contributed by atoms with van der Waals surface area (Å²) in [5, 5.41) is 3.33. The van der Waals surface area contributed by atoms with Gasteiger partial charge in [-0.2, -0.15) is 0 Å². The molecule has 2 N–H and O–H groups in total. The van der Waals surface area contributed by atoms with E-state index in [1.165, 1.54) is 11.3 Å². The van der Waals surface area contributed by atoms with Gasteiger partial charge >= 0.3 is 0 Å². The van der Waals surface area contributed by atoms with Crippen LogP contribution in [0.3, 0.4) is 0 Å². The number of amides is 1. The Kier molecular flexibility index (Phi) is 4.91. The molecule has 0 radical (unpaired) electrons. The minimum Gasteiger partial charge on any atom is -0.486 e. The number of aromatic amines is 1. The van der Waals surface area contributed by atoms with E-state index in [1.807, 2.05) is 30.3 Å². The van der Waals surface area contributed by atoms with Crippen molar-refractivity contribution < 1.29 is 14.3 Å². The summed E-state index contributed by atoms with van der Waals surface area (Å²) in [6.45, 7) is 2.75. The average Bonchev–Trinajstić information content (AvgIpc) is 3.11. The second-order valence-electron chi connectivity index (χ2n) is 7.22. The monoisotopic (exact) mass is 433 g/mol. The zero-order valence-corrected chi connectivity index (χ0v) is 17.5. The van der Waals surface area contributed by atoms with Gasteiger partial charge in [0.15, 0.2) is 11.5 Å². The molecule has 4 aromatic rings. The number of aromatic nitrogens is 2. The lowest BCUT2D eigenvalue weighted by atomic mass is 10.1. The molecule has 0 bridgehead atoms. The Labute approximate surface area is 181 Å². The van der Waals surface area contributed by atoms with Gasteiger partial charge in [-0.05, 0) is 30.2 Å². The minimum absolute atomic E-state index is 0.233. The maximum Gasteiger partial charge on any atom is 0.266 e. The molecule has 7 nitrogen and oxygen atoms in total. The van der Waals surface area contributed by atoms with Crippen LogP contribution in [0.25, 0.3) is 10.2 Å². The lowest BCUT2D eigenvalue weighted by molar-refractivity contribution is 0.103. The number of nitrogens with zero attached hydrogens (tertiary/aromatic N) is 1. The molecule has 156 valence electrons. The highest BCUT2D eigenvalue weighted by atomic mass is 32.1. The van der Waals surface area contributed by atoms with Gasteiger partial charge in [0.2, 0.25) is 0 Å². The number of benzene rings is 2. The van der Waals surface area contributed by atoms with Crippen LogP contribution in [-0.2, 0) is 6.42 Å². The smallest absolute Gasteiger partial charge is 0.266 e. The number of aryl methyl sites for hydroxylation is 1. The van der Waals surface area contributed by atoms with Crippen molar-refractivity contribution in [1.82, 2.24) is 9.97 Å². The molecule has 1 aliphatic rings. The first-order valence-electron chi connectivity index (χ1n) is 9.86. The molecule has 2 aromatic carbocycles. The van der Waals surface area contributed by atoms with E-state index in [1.54, 1.807) is 25.1 Å². The van der Waals surface area contributed by atoms with E-state index in [-0.39, 0.29) is 11.5 Å². The highest BCUT2D eigenvalue weighted by Crippen LogP contribution is 2.33. The summed E-state index contributed by atoms with van der Waals surface area (Å²) in [6, 6.07) is 15.1. The fourth-order valence-corrected chi connectivity index (χ4v) is 4.68. The van der Waals surface area contributed by atoms with Crippen LogP contribution in [0.4, 0.5) is 5.69 Å². The van der Waals surface area contributed by atoms with Crippen molar-refractivity contribution in [2.45, 2.75) is 13.3 Å². The molecule has 8 heteroatoms. The Hall–Kier alpha value is -3.65. The van der Waals surface area contributed by atoms with E-state index >= 15 is 0 Å². The number of anilines is 1. The second-order valence-corrected chi connectivity index (χ2v) is 8.22. The van der Waals surface area contributed by atoms with Gasteiger partial charge < -0.3 is 19.8 Å². The number of H-pyrrole nitrogens is 1. The van der Waals surface area contributed by atoms with Crippen molar-refractivity contribution in [3.05, 3.63) is 80.7 Å². The number of carbonyl (C=O) groups excluding carboxylic acids is 1. The summed E-state index contributed by atoms with van der Waals surface area (Å²) in [5.74, 6) is 1.54. The van der Waals surface area contributed by atoms with Gasteiger partial charge in [-0.15, -0.1) is 11.3 Å². The third kappa shape index (κ3) is 3.77. The summed E-state index contributed by atoms with van der Waals surface area (Å²) >= 11 is 1.22. The molecule has 0 unspecified atom stereocenters. The molecule has 1 aliphatic heterocycles. The van der Waals surface area contributed by atoms with Crippen LogP contribution in [0, 0.1) is 6.92 Å². The fourth-order valence-electron chi connectivity index (χ4n) is 3.59. The first-order valence-corrected chi connectivity index (χ1v) is 10.7. The Bertz CT molecular complexity index is 1340. The Morgan fingerprint density at radius 1 is 1.13 bits per heavy atom. The average molecular weight is 433 g/mol. The fraction of sp³-hybridized carbons (Fsp3) is 0.174. The lowest BCUT2D eigenvalue weighted by Crippen LogP contribution is -2.16. The summed E-state index contributed by atoms with van der Waals surface area (Å²) in [6.07, 6.45) is 0.516.